The number of hydrogen-bond acceptors (Lipinski definition) is 6. The summed E-state index contributed by atoms with van der Waals surface area (Å²) in [5.74, 6) is -0.762. The average Bonchev–Trinajstić information content (AvgIpc) is 2.98. The minimum absolute atomic E-state index is 0.279. The van der Waals surface area contributed by atoms with Crippen LogP contribution >= 0.6 is 18.5 Å². The SMILES string of the molecule is O=C(NNNC(=O)C1CN=C(P)N1)c1cnc(P)[nH]1. The van der Waals surface area contributed by atoms with Crippen molar-refractivity contribution < 1.29 is 9.59 Å². The van der Waals surface area contributed by atoms with Gasteiger partial charge in [-0.25, -0.2) is 4.98 Å². The third-order valence-electron chi connectivity index (χ3n) is 2.28. The summed E-state index contributed by atoms with van der Waals surface area (Å²) < 4.78 is 0. The van der Waals surface area contributed by atoms with Gasteiger partial charge in [0.1, 0.15) is 22.9 Å². The molecule has 2 heterocycles. The van der Waals surface area contributed by atoms with E-state index in [1.165, 1.54) is 6.20 Å². The van der Waals surface area contributed by atoms with Gasteiger partial charge < -0.3 is 10.3 Å². The van der Waals surface area contributed by atoms with Crippen molar-refractivity contribution in [2.75, 3.05) is 6.54 Å². The molecule has 102 valence electrons. The van der Waals surface area contributed by atoms with E-state index in [2.05, 4.69) is 55.1 Å². The molecular formula is C8H13N7O2P2. The Morgan fingerprint density at radius 1 is 1.37 bits per heavy atom. The summed E-state index contributed by atoms with van der Waals surface area (Å²) >= 11 is 0. The van der Waals surface area contributed by atoms with Crippen LogP contribution in [0, 0.1) is 0 Å². The summed E-state index contributed by atoms with van der Waals surface area (Å²) in [4.78, 5) is 33.8. The van der Waals surface area contributed by atoms with Crippen molar-refractivity contribution in [3.05, 3.63) is 11.9 Å². The molecule has 19 heavy (non-hydrogen) atoms. The number of imidazole rings is 1. The van der Waals surface area contributed by atoms with Crippen LogP contribution in [0.15, 0.2) is 11.2 Å². The largest absolute Gasteiger partial charge is 0.357 e. The van der Waals surface area contributed by atoms with Gasteiger partial charge in [0, 0.05) is 0 Å². The third-order valence-corrected chi connectivity index (χ3v) is 2.93. The van der Waals surface area contributed by atoms with Crippen molar-refractivity contribution >= 4 is 41.4 Å². The molecule has 0 aromatic carbocycles. The van der Waals surface area contributed by atoms with Crippen LogP contribution in [0.3, 0.4) is 0 Å². The van der Waals surface area contributed by atoms with Crippen LogP contribution in [0.25, 0.3) is 0 Å². The lowest BCUT2D eigenvalue weighted by Gasteiger charge is -2.12. The zero-order valence-corrected chi connectivity index (χ0v) is 12.0. The zero-order valence-electron chi connectivity index (χ0n) is 9.73. The fourth-order valence-electron chi connectivity index (χ4n) is 1.36. The molecule has 3 atom stereocenters. The van der Waals surface area contributed by atoms with Crippen LogP contribution in [-0.4, -0.2) is 39.9 Å². The van der Waals surface area contributed by atoms with Gasteiger partial charge in [0.15, 0.2) is 0 Å². The Kier molecular flexibility index (Phi) is 4.42. The van der Waals surface area contributed by atoms with Crippen molar-refractivity contribution in [2.45, 2.75) is 6.04 Å². The Balaban J connectivity index is 1.72. The second-order valence-corrected chi connectivity index (χ2v) is 4.77. The number of aromatic amines is 1. The standard InChI is InChI=1S/C8H13N7O2P2/c16-5(3-1-9-7(18)11-3)13-15-14-6(17)4-2-10-8(19)12-4/h1,4,15H,2,18-19H2,(H,9,11)(H,10,12)(H,13,16)(H,14,17). The highest BCUT2D eigenvalue weighted by molar-refractivity contribution is 7.40. The lowest BCUT2D eigenvalue weighted by Crippen LogP contribution is -2.54. The Labute approximate surface area is 113 Å². The van der Waals surface area contributed by atoms with Gasteiger partial charge in [-0.15, -0.1) is 5.53 Å². The zero-order chi connectivity index (χ0) is 13.8. The minimum Gasteiger partial charge on any atom is -0.357 e. The molecular weight excluding hydrogens is 288 g/mol. The smallest absolute Gasteiger partial charge is 0.284 e. The Hall–Kier alpha value is -1.56. The molecule has 0 spiro atoms. The summed E-state index contributed by atoms with van der Waals surface area (Å²) in [6.45, 7) is 0.358. The minimum atomic E-state index is -0.442. The van der Waals surface area contributed by atoms with Gasteiger partial charge in [-0.2, -0.15) is 0 Å². The second-order valence-electron chi connectivity index (χ2n) is 3.67. The maximum absolute atomic E-state index is 11.6. The lowest BCUT2D eigenvalue weighted by atomic mass is 10.3. The van der Waals surface area contributed by atoms with Crippen molar-refractivity contribution in [3.8, 4) is 0 Å². The van der Waals surface area contributed by atoms with Gasteiger partial charge in [-0.1, -0.05) is 18.5 Å². The fraction of sp³-hybridized carbons (Fsp3) is 0.250. The molecule has 0 saturated heterocycles. The molecule has 0 radical (unpaired) electrons. The van der Waals surface area contributed by atoms with Crippen LogP contribution in [0.1, 0.15) is 10.5 Å². The summed E-state index contributed by atoms with van der Waals surface area (Å²) in [5.41, 5.74) is 8.45. The molecule has 1 aromatic heterocycles. The number of hydrogen-bond donors (Lipinski definition) is 5. The van der Waals surface area contributed by atoms with Crippen LogP contribution in [0.5, 0.6) is 0 Å². The van der Waals surface area contributed by atoms with Crippen molar-refractivity contribution in [2.24, 2.45) is 4.99 Å². The van der Waals surface area contributed by atoms with E-state index >= 15 is 0 Å². The molecule has 1 aliphatic rings. The van der Waals surface area contributed by atoms with Crippen molar-refractivity contribution in [1.29, 1.82) is 0 Å². The first-order chi connectivity index (χ1) is 9.06. The molecule has 11 heteroatoms. The summed E-state index contributed by atoms with van der Waals surface area (Å²) in [6, 6.07) is -0.442. The number of carbonyl (C=O) groups is 2. The fourth-order valence-corrected chi connectivity index (χ4v) is 1.90. The third kappa shape index (κ3) is 3.70. The van der Waals surface area contributed by atoms with E-state index < -0.39 is 11.9 Å². The molecule has 0 saturated carbocycles. The maximum atomic E-state index is 11.6. The average molecular weight is 301 g/mol. The molecule has 0 fully saturated rings. The summed E-state index contributed by atoms with van der Waals surface area (Å²) in [5, 5.41) is 2.86. The van der Waals surface area contributed by atoms with E-state index in [0.717, 1.165) is 0 Å². The number of nitrogens with one attached hydrogen (secondary N) is 5. The highest BCUT2D eigenvalue weighted by atomic mass is 31.0. The van der Waals surface area contributed by atoms with E-state index in [4.69, 9.17) is 0 Å². The molecule has 2 amide bonds. The second kappa shape index (κ2) is 6.06. The summed E-state index contributed by atoms with van der Waals surface area (Å²) in [6.07, 6.45) is 1.38. The van der Waals surface area contributed by atoms with E-state index in [9.17, 15) is 9.59 Å². The molecule has 1 aromatic rings. The highest BCUT2D eigenvalue weighted by Gasteiger charge is 2.22. The van der Waals surface area contributed by atoms with Crippen LogP contribution in [-0.2, 0) is 4.79 Å². The van der Waals surface area contributed by atoms with Gasteiger partial charge in [0.2, 0.25) is 0 Å². The molecule has 9 nitrogen and oxygen atoms in total. The number of rotatable bonds is 4. The molecule has 5 N–H and O–H groups in total. The van der Waals surface area contributed by atoms with Gasteiger partial charge in [-0.05, 0) is 0 Å². The van der Waals surface area contributed by atoms with E-state index in [1.807, 2.05) is 0 Å². The number of amidine groups is 1. The van der Waals surface area contributed by atoms with Gasteiger partial charge in [-0.3, -0.25) is 25.4 Å². The number of carbonyl (C=O) groups excluding carboxylic acids is 2. The Bertz CT molecular complexity index is 529. The summed E-state index contributed by atoms with van der Waals surface area (Å²) in [7, 11) is 4.71. The molecule has 1 aliphatic heterocycles. The first-order valence-corrected chi connectivity index (χ1v) is 6.44. The highest BCUT2D eigenvalue weighted by Crippen LogP contribution is 2.00. The normalized spacial score (nSPS) is 17.6. The monoisotopic (exact) mass is 301 g/mol. The Morgan fingerprint density at radius 2 is 2.16 bits per heavy atom. The number of aliphatic imine (C=N–C) groups is 1. The van der Waals surface area contributed by atoms with E-state index in [1.54, 1.807) is 0 Å². The maximum Gasteiger partial charge on any atom is 0.284 e. The van der Waals surface area contributed by atoms with Gasteiger partial charge in [0.05, 0.1) is 12.7 Å². The van der Waals surface area contributed by atoms with Crippen LogP contribution < -0.4 is 27.3 Å². The molecule has 3 unspecified atom stereocenters. The van der Waals surface area contributed by atoms with Gasteiger partial charge >= 0.3 is 0 Å². The quantitative estimate of drug-likeness (QED) is 0.308. The van der Waals surface area contributed by atoms with E-state index in [0.29, 0.717) is 17.7 Å². The first kappa shape index (κ1) is 13.9. The predicted molar refractivity (Wildman–Crippen MR) is 75.6 cm³/mol. The van der Waals surface area contributed by atoms with Crippen molar-refractivity contribution in [1.82, 2.24) is 31.7 Å². The topological polar surface area (TPSA) is 123 Å². The van der Waals surface area contributed by atoms with Crippen LogP contribution in [0.2, 0.25) is 0 Å². The molecule has 0 bridgehead atoms. The van der Waals surface area contributed by atoms with Gasteiger partial charge in [0.25, 0.3) is 11.8 Å². The Morgan fingerprint density at radius 3 is 2.74 bits per heavy atom. The molecule has 2 rings (SSSR count). The van der Waals surface area contributed by atoms with Crippen LogP contribution in [0.4, 0.5) is 0 Å². The van der Waals surface area contributed by atoms with Crippen molar-refractivity contribution in [3.63, 3.8) is 0 Å². The number of nitrogens with zero attached hydrogens (tertiary/aromatic N) is 2. The lowest BCUT2D eigenvalue weighted by molar-refractivity contribution is -0.123. The van der Waals surface area contributed by atoms with E-state index in [-0.39, 0.29) is 11.6 Å². The molecule has 0 aliphatic carbocycles. The number of aromatic nitrogens is 2. The number of amides is 2. The number of hydrazine groups is 2. The number of H-pyrrole nitrogens is 1. The predicted octanol–water partition coefficient (Wildman–Crippen LogP) is -2.62. The first-order valence-electron chi connectivity index (χ1n) is 5.28.